The standard InChI is InChI=1S/C23H24N2O4/c1-17(25-18(2)26)15-27-20-8-10-21(11-9-20)29-22-12-13-23(24-14-22)28-16-19-6-4-3-5-7-19/h3-14,17H,15-16H2,1-2H3,(H,25,26)/t17-/m0/s1. The van der Waals surface area contributed by atoms with Gasteiger partial charge in [-0.25, -0.2) is 4.98 Å². The molecule has 0 aliphatic rings. The number of hydrogen-bond donors (Lipinski definition) is 1. The highest BCUT2D eigenvalue weighted by Crippen LogP contribution is 2.24. The van der Waals surface area contributed by atoms with Crippen molar-refractivity contribution in [2.45, 2.75) is 26.5 Å². The van der Waals surface area contributed by atoms with Gasteiger partial charge in [-0.1, -0.05) is 30.3 Å². The van der Waals surface area contributed by atoms with Crippen molar-refractivity contribution in [3.63, 3.8) is 0 Å². The summed E-state index contributed by atoms with van der Waals surface area (Å²) in [6.45, 7) is 4.24. The molecule has 1 atom stereocenters. The first-order valence-electron chi connectivity index (χ1n) is 9.39. The highest BCUT2D eigenvalue weighted by Gasteiger charge is 2.05. The van der Waals surface area contributed by atoms with E-state index in [1.54, 1.807) is 12.3 Å². The molecule has 0 aliphatic carbocycles. The molecule has 29 heavy (non-hydrogen) atoms. The zero-order chi connectivity index (χ0) is 20.5. The van der Waals surface area contributed by atoms with E-state index < -0.39 is 0 Å². The van der Waals surface area contributed by atoms with Gasteiger partial charge in [0, 0.05) is 13.0 Å². The van der Waals surface area contributed by atoms with Crippen LogP contribution in [0.15, 0.2) is 72.9 Å². The molecule has 0 fully saturated rings. The summed E-state index contributed by atoms with van der Waals surface area (Å²) in [5, 5.41) is 2.77. The smallest absolute Gasteiger partial charge is 0.217 e. The normalized spacial score (nSPS) is 11.4. The van der Waals surface area contributed by atoms with Gasteiger partial charge in [0.1, 0.15) is 30.5 Å². The van der Waals surface area contributed by atoms with Gasteiger partial charge in [0.15, 0.2) is 0 Å². The molecule has 0 saturated heterocycles. The van der Waals surface area contributed by atoms with Crippen LogP contribution in [0.2, 0.25) is 0 Å². The topological polar surface area (TPSA) is 69.7 Å². The summed E-state index contributed by atoms with van der Waals surface area (Å²) >= 11 is 0. The van der Waals surface area contributed by atoms with Gasteiger partial charge in [-0.2, -0.15) is 0 Å². The summed E-state index contributed by atoms with van der Waals surface area (Å²) in [4.78, 5) is 15.3. The number of rotatable bonds is 9. The summed E-state index contributed by atoms with van der Waals surface area (Å²) in [7, 11) is 0. The highest BCUT2D eigenvalue weighted by molar-refractivity contribution is 5.73. The number of carbonyl (C=O) groups is 1. The Hall–Kier alpha value is -3.54. The zero-order valence-corrected chi connectivity index (χ0v) is 16.5. The molecule has 0 saturated carbocycles. The Morgan fingerprint density at radius 1 is 0.931 bits per heavy atom. The summed E-state index contributed by atoms with van der Waals surface area (Å²) in [6.07, 6.45) is 1.62. The van der Waals surface area contributed by atoms with Crippen molar-refractivity contribution in [3.05, 3.63) is 78.5 Å². The second-order valence-electron chi connectivity index (χ2n) is 6.59. The van der Waals surface area contributed by atoms with Gasteiger partial charge in [-0.05, 0) is 42.8 Å². The van der Waals surface area contributed by atoms with Crippen LogP contribution in [0.3, 0.4) is 0 Å². The van der Waals surface area contributed by atoms with E-state index in [1.165, 1.54) is 6.92 Å². The maximum atomic E-state index is 11.0. The first-order chi connectivity index (χ1) is 14.1. The molecule has 150 valence electrons. The van der Waals surface area contributed by atoms with Crippen molar-refractivity contribution in [2.75, 3.05) is 6.61 Å². The third-order valence-corrected chi connectivity index (χ3v) is 3.95. The van der Waals surface area contributed by atoms with E-state index in [-0.39, 0.29) is 11.9 Å². The van der Waals surface area contributed by atoms with Crippen LogP contribution in [-0.4, -0.2) is 23.5 Å². The van der Waals surface area contributed by atoms with Crippen molar-refractivity contribution in [2.24, 2.45) is 0 Å². The van der Waals surface area contributed by atoms with Gasteiger partial charge in [-0.15, -0.1) is 0 Å². The van der Waals surface area contributed by atoms with Crippen molar-refractivity contribution in [1.82, 2.24) is 10.3 Å². The average molecular weight is 392 g/mol. The van der Waals surface area contributed by atoms with Crippen LogP contribution in [0.5, 0.6) is 23.1 Å². The highest BCUT2D eigenvalue weighted by atomic mass is 16.5. The fraction of sp³-hybridized carbons (Fsp3) is 0.217. The predicted octanol–water partition coefficient (Wildman–Crippen LogP) is 4.36. The Bertz CT molecular complexity index is 896. The maximum Gasteiger partial charge on any atom is 0.217 e. The molecule has 1 aromatic heterocycles. The Morgan fingerprint density at radius 2 is 1.62 bits per heavy atom. The van der Waals surface area contributed by atoms with E-state index in [0.717, 1.165) is 5.56 Å². The maximum absolute atomic E-state index is 11.0. The lowest BCUT2D eigenvalue weighted by Gasteiger charge is -2.14. The summed E-state index contributed by atoms with van der Waals surface area (Å²) in [5.74, 6) is 2.46. The second-order valence-corrected chi connectivity index (χ2v) is 6.59. The number of pyridine rings is 1. The molecule has 0 aliphatic heterocycles. The molecule has 3 aromatic rings. The number of aromatic nitrogens is 1. The van der Waals surface area contributed by atoms with E-state index in [0.29, 0.717) is 36.3 Å². The van der Waals surface area contributed by atoms with E-state index in [9.17, 15) is 4.79 Å². The molecular weight excluding hydrogens is 368 g/mol. The first-order valence-corrected chi connectivity index (χ1v) is 9.39. The average Bonchev–Trinajstić information content (AvgIpc) is 2.73. The summed E-state index contributed by atoms with van der Waals surface area (Å²) < 4.78 is 17.1. The van der Waals surface area contributed by atoms with Gasteiger partial charge in [0.25, 0.3) is 0 Å². The lowest BCUT2D eigenvalue weighted by Crippen LogP contribution is -2.35. The number of amides is 1. The molecule has 0 unspecified atom stereocenters. The zero-order valence-electron chi connectivity index (χ0n) is 16.5. The van der Waals surface area contributed by atoms with Gasteiger partial charge in [0.2, 0.25) is 11.8 Å². The second kappa shape index (κ2) is 10.1. The van der Waals surface area contributed by atoms with Gasteiger partial charge >= 0.3 is 0 Å². The minimum atomic E-state index is -0.0741. The van der Waals surface area contributed by atoms with Crippen LogP contribution >= 0.6 is 0 Å². The molecule has 1 amide bonds. The molecule has 1 N–H and O–H groups in total. The number of hydrogen-bond acceptors (Lipinski definition) is 5. The van der Waals surface area contributed by atoms with Crippen LogP contribution < -0.4 is 19.5 Å². The Balaban J connectivity index is 1.47. The molecule has 2 aromatic carbocycles. The molecule has 6 heteroatoms. The lowest BCUT2D eigenvalue weighted by atomic mass is 10.2. The number of nitrogens with one attached hydrogen (secondary N) is 1. The van der Waals surface area contributed by atoms with Crippen molar-refractivity contribution < 1.29 is 19.0 Å². The quantitative estimate of drug-likeness (QED) is 0.586. The molecule has 0 radical (unpaired) electrons. The van der Waals surface area contributed by atoms with E-state index >= 15 is 0 Å². The molecule has 6 nitrogen and oxygen atoms in total. The van der Waals surface area contributed by atoms with Gasteiger partial charge in [-0.3, -0.25) is 4.79 Å². The SMILES string of the molecule is CC(=O)N[C@@H](C)COc1ccc(Oc2ccc(OCc3ccccc3)nc2)cc1. The molecule has 3 rings (SSSR count). The monoisotopic (exact) mass is 392 g/mol. The van der Waals surface area contributed by atoms with Crippen molar-refractivity contribution in [3.8, 4) is 23.1 Å². The summed E-state index contributed by atoms with van der Waals surface area (Å²) in [6, 6.07) is 20.7. The van der Waals surface area contributed by atoms with Crippen molar-refractivity contribution >= 4 is 5.91 Å². The van der Waals surface area contributed by atoms with Crippen LogP contribution in [0.25, 0.3) is 0 Å². The fourth-order valence-electron chi connectivity index (χ4n) is 2.59. The van der Waals surface area contributed by atoms with E-state index in [4.69, 9.17) is 14.2 Å². The van der Waals surface area contributed by atoms with Crippen LogP contribution in [0.4, 0.5) is 0 Å². The third kappa shape index (κ3) is 6.84. The summed E-state index contributed by atoms with van der Waals surface area (Å²) in [5.41, 5.74) is 1.09. The largest absolute Gasteiger partial charge is 0.491 e. The van der Waals surface area contributed by atoms with Crippen LogP contribution in [-0.2, 0) is 11.4 Å². The Labute approximate surface area is 170 Å². The number of ether oxygens (including phenoxy) is 3. The first kappa shape index (κ1) is 20.2. The Kier molecular flexibility index (Phi) is 7.05. The third-order valence-electron chi connectivity index (χ3n) is 3.95. The van der Waals surface area contributed by atoms with E-state index in [1.807, 2.05) is 67.6 Å². The van der Waals surface area contributed by atoms with Crippen LogP contribution in [0, 0.1) is 0 Å². The molecule has 0 spiro atoms. The molecule has 1 heterocycles. The van der Waals surface area contributed by atoms with Gasteiger partial charge in [0.05, 0.1) is 12.2 Å². The van der Waals surface area contributed by atoms with Crippen molar-refractivity contribution in [1.29, 1.82) is 0 Å². The fourth-order valence-corrected chi connectivity index (χ4v) is 2.59. The van der Waals surface area contributed by atoms with Gasteiger partial charge < -0.3 is 19.5 Å². The predicted molar refractivity (Wildman–Crippen MR) is 110 cm³/mol. The minimum Gasteiger partial charge on any atom is -0.491 e. The van der Waals surface area contributed by atoms with E-state index in [2.05, 4.69) is 10.3 Å². The minimum absolute atomic E-state index is 0.0582. The molecule has 0 bridgehead atoms. The molecular formula is C23H24N2O4. The number of nitrogens with zero attached hydrogens (tertiary/aromatic N) is 1. The van der Waals surface area contributed by atoms with Crippen LogP contribution in [0.1, 0.15) is 19.4 Å². The Morgan fingerprint density at radius 3 is 2.28 bits per heavy atom. The number of benzene rings is 2. The lowest BCUT2D eigenvalue weighted by molar-refractivity contribution is -0.119. The number of carbonyl (C=O) groups excluding carboxylic acids is 1.